The summed E-state index contributed by atoms with van der Waals surface area (Å²) in [6, 6.07) is -0.961. The van der Waals surface area contributed by atoms with E-state index in [4.69, 9.17) is 9.47 Å². The molecule has 0 radical (unpaired) electrons. The van der Waals surface area contributed by atoms with Gasteiger partial charge in [-0.05, 0) is 79.6 Å². The summed E-state index contributed by atoms with van der Waals surface area (Å²) in [5.41, 5.74) is -0.836. The van der Waals surface area contributed by atoms with Gasteiger partial charge in [-0.1, -0.05) is 79.8 Å². The molecule has 0 saturated heterocycles. The van der Waals surface area contributed by atoms with E-state index in [9.17, 15) is 19.2 Å². The number of rotatable bonds is 20. The zero-order chi connectivity index (χ0) is 32.5. The van der Waals surface area contributed by atoms with Crippen LogP contribution in [0.2, 0.25) is 0 Å². The van der Waals surface area contributed by atoms with Gasteiger partial charge in [0, 0.05) is 6.42 Å². The number of allylic oxidation sites excluding steroid dienone is 12. The molecule has 0 aliphatic heterocycles. The fraction of sp³-hybridized carbons (Fsp3) is 0.543. The summed E-state index contributed by atoms with van der Waals surface area (Å²) in [5.74, 6) is -4.25. The lowest BCUT2D eigenvalue weighted by Gasteiger charge is -2.26. The molecule has 0 fully saturated rings. The van der Waals surface area contributed by atoms with E-state index in [-0.39, 0.29) is 12.3 Å². The van der Waals surface area contributed by atoms with Crippen molar-refractivity contribution in [2.45, 2.75) is 111 Å². The average Bonchev–Trinajstić information content (AvgIpc) is 2.93. The minimum Gasteiger partial charge on any atom is -0.468 e. The van der Waals surface area contributed by atoms with Crippen molar-refractivity contribution in [2.24, 2.45) is 5.92 Å². The number of methoxy groups -OCH3 is 1. The Bertz CT molecular complexity index is 1010. The maximum atomic E-state index is 12.5. The number of hydrogen-bond donors (Lipinski definition) is 1. The van der Waals surface area contributed by atoms with Crippen molar-refractivity contribution in [3.8, 4) is 0 Å². The molecule has 1 N–H and O–H groups in total. The Morgan fingerprint density at radius 1 is 0.674 bits per heavy atom. The molecule has 240 valence electrons. The smallest absolute Gasteiger partial charge is 0.328 e. The molecule has 0 heterocycles. The van der Waals surface area contributed by atoms with Crippen LogP contribution in [0.4, 0.5) is 0 Å². The van der Waals surface area contributed by atoms with E-state index in [1.807, 2.05) is 12.2 Å². The van der Waals surface area contributed by atoms with E-state index < -0.39 is 41.6 Å². The summed E-state index contributed by atoms with van der Waals surface area (Å²) in [6.07, 6.45) is 30.7. The Balaban J connectivity index is 4.28. The monoisotopic (exact) mass is 599 g/mol. The second kappa shape index (κ2) is 23.8. The molecule has 0 aromatic heterocycles. The van der Waals surface area contributed by atoms with Gasteiger partial charge in [-0.3, -0.25) is 14.4 Å². The summed E-state index contributed by atoms with van der Waals surface area (Å²) < 4.78 is 15.2. The standard InChI is InChI=1S/C35H53NO7/c1-8-9-10-11-12-13-14-15-16-17-18-19-20-21-22-23-24-25-26-27-30(37)36-28(2)32(38)42-29(3)31(33(39)41-7)34(40)43-35(4,5)6/h9-10,12-13,15-16,18-19,21-22,24-25,28-29,31H,8,11,14,17,20,23,26-27H2,1-7H3,(H,36,37)/b10-9-,13-12-,16-15-,19-18-,22-21-,25-24-/t28-,29-,31-/m0/s1. The summed E-state index contributed by atoms with van der Waals surface area (Å²) in [7, 11) is 1.13. The number of carbonyl (C=O) groups excluding carboxylic acids is 4. The molecule has 1 amide bonds. The Morgan fingerprint density at radius 2 is 1.12 bits per heavy atom. The van der Waals surface area contributed by atoms with Crippen molar-refractivity contribution in [1.82, 2.24) is 5.32 Å². The Morgan fingerprint density at radius 3 is 1.53 bits per heavy atom. The number of nitrogens with one attached hydrogen (secondary N) is 1. The first-order valence-electron chi connectivity index (χ1n) is 15.1. The first kappa shape index (κ1) is 39.3. The lowest BCUT2D eigenvalue weighted by atomic mass is 10.0. The molecule has 43 heavy (non-hydrogen) atoms. The van der Waals surface area contributed by atoms with Crippen molar-refractivity contribution >= 4 is 23.8 Å². The second-order valence-corrected chi connectivity index (χ2v) is 10.9. The highest BCUT2D eigenvalue weighted by atomic mass is 16.6. The number of ether oxygens (including phenoxy) is 3. The van der Waals surface area contributed by atoms with Crippen LogP contribution in [0.15, 0.2) is 72.9 Å². The van der Waals surface area contributed by atoms with Crippen LogP contribution in [0, 0.1) is 5.92 Å². The Kier molecular flexibility index (Phi) is 21.8. The molecule has 0 aromatic rings. The van der Waals surface area contributed by atoms with Gasteiger partial charge < -0.3 is 19.5 Å². The van der Waals surface area contributed by atoms with Crippen molar-refractivity contribution in [2.75, 3.05) is 7.11 Å². The Hall–Kier alpha value is -3.68. The predicted octanol–water partition coefficient (Wildman–Crippen LogP) is 7.03. The average molecular weight is 600 g/mol. The molecule has 0 saturated carbocycles. The molecule has 0 aromatic carbocycles. The topological polar surface area (TPSA) is 108 Å². The molecule has 0 spiro atoms. The van der Waals surface area contributed by atoms with E-state index in [0.29, 0.717) is 6.42 Å². The maximum absolute atomic E-state index is 12.5. The quantitative estimate of drug-likeness (QED) is 0.0693. The predicted molar refractivity (Wildman–Crippen MR) is 172 cm³/mol. The van der Waals surface area contributed by atoms with Crippen LogP contribution in [-0.2, 0) is 33.4 Å². The molecule has 0 aliphatic carbocycles. The lowest BCUT2D eigenvalue weighted by Crippen LogP contribution is -2.45. The van der Waals surface area contributed by atoms with E-state index in [0.717, 1.165) is 45.6 Å². The number of carbonyl (C=O) groups is 4. The molecule has 3 atom stereocenters. The first-order valence-corrected chi connectivity index (χ1v) is 15.1. The summed E-state index contributed by atoms with van der Waals surface area (Å²) in [5, 5.41) is 2.58. The zero-order valence-corrected chi connectivity index (χ0v) is 27.2. The highest BCUT2D eigenvalue weighted by molar-refractivity contribution is 5.96. The van der Waals surface area contributed by atoms with Gasteiger partial charge in [0.25, 0.3) is 0 Å². The van der Waals surface area contributed by atoms with E-state index in [2.05, 4.69) is 77.7 Å². The largest absolute Gasteiger partial charge is 0.468 e. The van der Waals surface area contributed by atoms with Crippen LogP contribution in [0.25, 0.3) is 0 Å². The minimum absolute atomic E-state index is 0.206. The van der Waals surface area contributed by atoms with Crippen LogP contribution < -0.4 is 5.32 Å². The molecule has 8 heteroatoms. The van der Waals surface area contributed by atoms with Crippen LogP contribution in [0.3, 0.4) is 0 Å². The van der Waals surface area contributed by atoms with Gasteiger partial charge in [-0.25, -0.2) is 4.79 Å². The second-order valence-electron chi connectivity index (χ2n) is 10.9. The van der Waals surface area contributed by atoms with Gasteiger partial charge in [0.1, 0.15) is 17.7 Å². The first-order chi connectivity index (χ1) is 20.4. The third kappa shape index (κ3) is 21.7. The fourth-order valence-electron chi connectivity index (χ4n) is 3.55. The molecule has 0 aliphatic rings. The van der Waals surface area contributed by atoms with Crippen molar-refractivity contribution in [1.29, 1.82) is 0 Å². The minimum atomic E-state index is -1.44. The molecule has 0 unspecified atom stereocenters. The van der Waals surface area contributed by atoms with Gasteiger partial charge in [-0.2, -0.15) is 0 Å². The fourth-order valence-corrected chi connectivity index (χ4v) is 3.55. The highest BCUT2D eigenvalue weighted by Crippen LogP contribution is 2.18. The van der Waals surface area contributed by atoms with Crippen LogP contribution in [0.1, 0.15) is 92.9 Å². The third-order valence-corrected chi connectivity index (χ3v) is 5.75. The maximum Gasteiger partial charge on any atom is 0.328 e. The summed E-state index contributed by atoms with van der Waals surface area (Å²) in [6.45, 7) is 10.00. The third-order valence-electron chi connectivity index (χ3n) is 5.75. The van der Waals surface area contributed by atoms with Crippen LogP contribution in [-0.4, -0.2) is 48.7 Å². The molecule has 0 rings (SSSR count). The summed E-state index contributed by atoms with van der Waals surface area (Å²) in [4.78, 5) is 49.4. The zero-order valence-electron chi connectivity index (χ0n) is 27.2. The van der Waals surface area contributed by atoms with Crippen LogP contribution >= 0.6 is 0 Å². The van der Waals surface area contributed by atoms with Crippen molar-refractivity contribution < 1.29 is 33.4 Å². The molecule has 0 bridgehead atoms. The van der Waals surface area contributed by atoms with E-state index in [1.54, 1.807) is 20.8 Å². The number of esters is 3. The van der Waals surface area contributed by atoms with Gasteiger partial charge >= 0.3 is 17.9 Å². The van der Waals surface area contributed by atoms with Gasteiger partial charge in [-0.15, -0.1) is 0 Å². The Labute approximate surface area is 259 Å². The number of amides is 1. The van der Waals surface area contributed by atoms with E-state index >= 15 is 0 Å². The van der Waals surface area contributed by atoms with Crippen LogP contribution in [0.5, 0.6) is 0 Å². The number of hydrogen-bond acceptors (Lipinski definition) is 7. The van der Waals surface area contributed by atoms with Crippen molar-refractivity contribution in [3.05, 3.63) is 72.9 Å². The lowest BCUT2D eigenvalue weighted by molar-refractivity contribution is -0.177. The summed E-state index contributed by atoms with van der Waals surface area (Å²) >= 11 is 0. The van der Waals surface area contributed by atoms with Crippen molar-refractivity contribution in [3.63, 3.8) is 0 Å². The molecule has 8 nitrogen and oxygen atoms in total. The van der Waals surface area contributed by atoms with Gasteiger partial charge in [0.05, 0.1) is 7.11 Å². The van der Waals surface area contributed by atoms with Gasteiger partial charge in [0.15, 0.2) is 5.92 Å². The highest BCUT2D eigenvalue weighted by Gasteiger charge is 2.39. The molecular weight excluding hydrogens is 546 g/mol. The normalized spacial score (nSPS) is 14.7. The van der Waals surface area contributed by atoms with E-state index in [1.165, 1.54) is 13.8 Å². The molecular formula is C35H53NO7. The SMILES string of the molecule is CC/C=C\C/C=C\C/C=C\C/C=C\C/C=C\C/C=C\CCC(=O)N[C@@H](C)C(=O)O[C@@H](C)[C@@H](C(=O)OC)C(=O)OC(C)(C)C. The van der Waals surface area contributed by atoms with Gasteiger partial charge in [0.2, 0.25) is 5.91 Å².